The van der Waals surface area contributed by atoms with E-state index in [-0.39, 0.29) is 11.7 Å². The Hall–Kier alpha value is -1.30. The number of nitrogens with zero attached hydrogens (tertiary/aromatic N) is 1. The zero-order valence-corrected chi connectivity index (χ0v) is 11.0. The largest absolute Gasteiger partial charge is 0.405 e. The number of benzene rings is 1. The van der Waals surface area contributed by atoms with Crippen LogP contribution in [-0.2, 0) is 6.42 Å². The van der Waals surface area contributed by atoms with E-state index in [1.54, 1.807) is 19.9 Å². The molecule has 0 saturated heterocycles. The number of hydrogen-bond donors (Lipinski definition) is 1. The Morgan fingerprint density at radius 3 is 2.32 bits per heavy atom. The molecule has 0 spiro atoms. The van der Waals surface area contributed by atoms with Crippen molar-refractivity contribution in [3.63, 3.8) is 0 Å². The Labute approximate surface area is 110 Å². The van der Waals surface area contributed by atoms with Gasteiger partial charge in [0.15, 0.2) is 0 Å². The first-order valence-corrected chi connectivity index (χ1v) is 6.06. The molecule has 0 aliphatic carbocycles. The maximum absolute atomic E-state index is 13.5. The molecule has 0 radical (unpaired) electrons. The van der Waals surface area contributed by atoms with Crippen molar-refractivity contribution in [1.29, 1.82) is 0 Å². The van der Waals surface area contributed by atoms with Gasteiger partial charge in [-0.2, -0.15) is 13.2 Å². The van der Waals surface area contributed by atoms with Crippen LogP contribution in [-0.4, -0.2) is 25.3 Å². The fourth-order valence-electron chi connectivity index (χ4n) is 1.88. The molecule has 2 nitrogen and oxygen atoms in total. The zero-order valence-electron chi connectivity index (χ0n) is 11.0. The van der Waals surface area contributed by atoms with Gasteiger partial charge in [0, 0.05) is 11.7 Å². The van der Waals surface area contributed by atoms with Crippen LogP contribution < -0.4 is 10.6 Å². The first-order chi connectivity index (χ1) is 8.73. The smallest absolute Gasteiger partial charge is 0.360 e. The van der Waals surface area contributed by atoms with Gasteiger partial charge in [-0.1, -0.05) is 0 Å². The van der Waals surface area contributed by atoms with Crippen molar-refractivity contribution in [2.45, 2.75) is 32.5 Å². The molecular weight excluding hydrogens is 260 g/mol. The third-order valence-corrected chi connectivity index (χ3v) is 2.68. The van der Waals surface area contributed by atoms with Crippen LogP contribution in [0.1, 0.15) is 19.4 Å². The molecule has 19 heavy (non-hydrogen) atoms. The predicted octanol–water partition coefficient (Wildman–Crippen LogP) is 3.10. The summed E-state index contributed by atoms with van der Waals surface area (Å²) in [6.45, 7) is 2.50. The van der Waals surface area contributed by atoms with Crippen LogP contribution in [0, 0.1) is 5.82 Å². The van der Waals surface area contributed by atoms with Crippen molar-refractivity contribution in [1.82, 2.24) is 0 Å². The van der Waals surface area contributed by atoms with E-state index in [0.717, 1.165) is 11.0 Å². The molecule has 0 aliphatic rings. The summed E-state index contributed by atoms with van der Waals surface area (Å²) in [6.07, 6.45) is -3.90. The summed E-state index contributed by atoms with van der Waals surface area (Å²) in [5, 5.41) is 0. The van der Waals surface area contributed by atoms with E-state index in [1.165, 1.54) is 6.07 Å². The van der Waals surface area contributed by atoms with Gasteiger partial charge >= 0.3 is 6.18 Å². The standard InChI is InChI=1S/C13H18F4N2/c1-9(2)19(8-13(15,16)17)12-6-10(3-4-18)5-11(14)7-12/h5-7,9H,3-4,8,18H2,1-2H3. The Morgan fingerprint density at radius 1 is 1.21 bits per heavy atom. The van der Waals surface area contributed by atoms with Gasteiger partial charge in [-0.05, 0) is 50.6 Å². The third kappa shape index (κ3) is 5.06. The molecule has 1 aromatic rings. The van der Waals surface area contributed by atoms with Gasteiger partial charge in [-0.3, -0.25) is 0 Å². The fourth-order valence-corrected chi connectivity index (χ4v) is 1.88. The third-order valence-electron chi connectivity index (χ3n) is 2.68. The minimum atomic E-state index is -4.33. The van der Waals surface area contributed by atoms with Crippen LogP contribution in [0.5, 0.6) is 0 Å². The molecule has 1 rings (SSSR count). The Morgan fingerprint density at radius 2 is 1.84 bits per heavy atom. The van der Waals surface area contributed by atoms with Crippen molar-refractivity contribution < 1.29 is 17.6 Å². The summed E-state index contributed by atoms with van der Waals surface area (Å²) in [4.78, 5) is 1.13. The van der Waals surface area contributed by atoms with Crippen LogP contribution >= 0.6 is 0 Å². The van der Waals surface area contributed by atoms with E-state index in [9.17, 15) is 17.6 Å². The summed E-state index contributed by atoms with van der Waals surface area (Å²) < 4.78 is 51.1. The SMILES string of the molecule is CC(C)N(CC(F)(F)F)c1cc(F)cc(CCN)c1. The average molecular weight is 278 g/mol. The second-order valence-corrected chi connectivity index (χ2v) is 4.69. The number of nitrogens with two attached hydrogens (primary N) is 1. The lowest BCUT2D eigenvalue weighted by molar-refractivity contribution is -0.120. The fraction of sp³-hybridized carbons (Fsp3) is 0.538. The van der Waals surface area contributed by atoms with Gasteiger partial charge in [0.2, 0.25) is 0 Å². The quantitative estimate of drug-likeness (QED) is 0.839. The van der Waals surface area contributed by atoms with Gasteiger partial charge in [0.05, 0.1) is 0 Å². The van der Waals surface area contributed by atoms with Gasteiger partial charge in [-0.25, -0.2) is 4.39 Å². The number of hydrogen-bond acceptors (Lipinski definition) is 2. The Kier molecular flexibility index (Phi) is 5.17. The van der Waals surface area contributed by atoms with Gasteiger partial charge in [-0.15, -0.1) is 0 Å². The Balaban J connectivity index is 3.08. The highest BCUT2D eigenvalue weighted by Gasteiger charge is 2.32. The second kappa shape index (κ2) is 6.23. The van der Waals surface area contributed by atoms with Crippen LogP contribution in [0.3, 0.4) is 0 Å². The molecule has 6 heteroatoms. The molecule has 0 aromatic heterocycles. The Bertz CT molecular complexity index is 416. The number of alkyl halides is 3. The summed E-state index contributed by atoms with van der Waals surface area (Å²) in [7, 11) is 0. The maximum atomic E-state index is 13.5. The molecule has 0 saturated carbocycles. The minimum Gasteiger partial charge on any atom is -0.360 e. The van der Waals surface area contributed by atoms with Crippen LogP contribution in [0.15, 0.2) is 18.2 Å². The summed E-state index contributed by atoms with van der Waals surface area (Å²) >= 11 is 0. The molecule has 0 heterocycles. The molecule has 0 amide bonds. The van der Waals surface area contributed by atoms with Gasteiger partial charge < -0.3 is 10.6 Å². The topological polar surface area (TPSA) is 29.3 Å². The normalized spacial score (nSPS) is 12.0. The summed E-state index contributed by atoms with van der Waals surface area (Å²) in [5.74, 6) is -0.547. The van der Waals surface area contributed by atoms with E-state index < -0.39 is 18.5 Å². The minimum absolute atomic E-state index is 0.232. The molecular formula is C13H18F4N2. The second-order valence-electron chi connectivity index (χ2n) is 4.69. The first kappa shape index (κ1) is 15.8. The van der Waals surface area contributed by atoms with Crippen LogP contribution in [0.25, 0.3) is 0 Å². The zero-order chi connectivity index (χ0) is 14.6. The lowest BCUT2D eigenvalue weighted by atomic mass is 10.1. The van der Waals surface area contributed by atoms with Crippen molar-refractivity contribution >= 4 is 5.69 Å². The molecule has 0 atom stereocenters. The van der Waals surface area contributed by atoms with Crippen molar-refractivity contribution in [2.75, 3.05) is 18.0 Å². The van der Waals surface area contributed by atoms with E-state index >= 15 is 0 Å². The van der Waals surface area contributed by atoms with E-state index in [1.807, 2.05) is 0 Å². The van der Waals surface area contributed by atoms with Crippen molar-refractivity contribution in [3.8, 4) is 0 Å². The van der Waals surface area contributed by atoms with Crippen molar-refractivity contribution in [2.24, 2.45) is 5.73 Å². The van der Waals surface area contributed by atoms with E-state index in [0.29, 0.717) is 18.5 Å². The monoisotopic (exact) mass is 278 g/mol. The molecule has 0 aliphatic heterocycles. The van der Waals surface area contributed by atoms with E-state index in [2.05, 4.69) is 0 Å². The molecule has 108 valence electrons. The predicted molar refractivity (Wildman–Crippen MR) is 67.7 cm³/mol. The van der Waals surface area contributed by atoms with Crippen molar-refractivity contribution in [3.05, 3.63) is 29.6 Å². The molecule has 0 unspecified atom stereocenters. The highest BCUT2D eigenvalue weighted by atomic mass is 19.4. The molecule has 0 fully saturated rings. The summed E-state index contributed by atoms with van der Waals surface area (Å²) in [5.41, 5.74) is 6.22. The number of rotatable bonds is 5. The summed E-state index contributed by atoms with van der Waals surface area (Å²) in [6, 6.07) is 3.59. The lowest BCUT2D eigenvalue weighted by Gasteiger charge is -2.30. The first-order valence-electron chi connectivity index (χ1n) is 6.06. The van der Waals surface area contributed by atoms with Gasteiger partial charge in [0.1, 0.15) is 12.4 Å². The van der Waals surface area contributed by atoms with Crippen LogP contribution in [0.4, 0.5) is 23.2 Å². The van der Waals surface area contributed by atoms with Crippen LogP contribution in [0.2, 0.25) is 0 Å². The maximum Gasteiger partial charge on any atom is 0.405 e. The number of halogens is 4. The van der Waals surface area contributed by atoms with E-state index in [4.69, 9.17) is 5.73 Å². The highest BCUT2D eigenvalue weighted by Crippen LogP contribution is 2.26. The lowest BCUT2D eigenvalue weighted by Crippen LogP contribution is -2.39. The molecule has 1 aromatic carbocycles. The molecule has 2 N–H and O–H groups in total. The van der Waals surface area contributed by atoms with Gasteiger partial charge in [0.25, 0.3) is 0 Å². The molecule has 0 bridgehead atoms. The number of anilines is 1. The highest BCUT2D eigenvalue weighted by molar-refractivity contribution is 5.50. The average Bonchev–Trinajstić information content (AvgIpc) is 2.24.